The summed E-state index contributed by atoms with van der Waals surface area (Å²) in [6.45, 7) is 5.44. The second-order valence-electron chi connectivity index (χ2n) is 4.27. The molecule has 1 N–H and O–H groups in total. The predicted molar refractivity (Wildman–Crippen MR) is 72.6 cm³/mol. The molecule has 1 aliphatic heterocycles. The van der Waals surface area contributed by atoms with Crippen molar-refractivity contribution in [2.45, 2.75) is 13.0 Å². The number of nitrogens with one attached hydrogen (secondary N) is 1. The van der Waals surface area contributed by atoms with Crippen LogP contribution in [0, 0.1) is 6.92 Å². The van der Waals surface area contributed by atoms with Crippen molar-refractivity contribution >= 4 is 21.7 Å². The first kappa shape index (κ1) is 12.8. The third kappa shape index (κ3) is 2.97. The molecule has 1 fully saturated rings. The summed E-state index contributed by atoms with van der Waals surface area (Å²) in [6.07, 6.45) is 1.87. The van der Waals surface area contributed by atoms with Gasteiger partial charge in [0.2, 0.25) is 0 Å². The van der Waals surface area contributed by atoms with Crippen LogP contribution in [0.15, 0.2) is 16.7 Å². The Labute approximate surface area is 110 Å². The SMILES string of the molecule is CNCC1COCCN1c1cc(C)c(Br)cn1. The highest BCUT2D eigenvalue weighted by molar-refractivity contribution is 9.10. The van der Waals surface area contributed by atoms with Crippen LogP contribution in [0.5, 0.6) is 0 Å². The molecule has 0 aliphatic carbocycles. The van der Waals surface area contributed by atoms with E-state index in [4.69, 9.17) is 4.74 Å². The molecule has 1 aromatic rings. The molecule has 5 heteroatoms. The van der Waals surface area contributed by atoms with Gasteiger partial charge in [-0.1, -0.05) is 0 Å². The highest BCUT2D eigenvalue weighted by Crippen LogP contribution is 2.22. The number of aromatic nitrogens is 1. The average molecular weight is 300 g/mol. The molecule has 1 atom stereocenters. The zero-order valence-corrected chi connectivity index (χ0v) is 11.8. The fourth-order valence-corrected chi connectivity index (χ4v) is 2.26. The van der Waals surface area contributed by atoms with E-state index in [2.05, 4.69) is 44.1 Å². The maximum Gasteiger partial charge on any atom is 0.129 e. The van der Waals surface area contributed by atoms with Gasteiger partial charge in [0.05, 0.1) is 19.3 Å². The lowest BCUT2D eigenvalue weighted by Gasteiger charge is -2.36. The molecule has 0 radical (unpaired) electrons. The molecule has 2 heterocycles. The van der Waals surface area contributed by atoms with Crippen molar-refractivity contribution in [1.82, 2.24) is 10.3 Å². The van der Waals surface area contributed by atoms with Crippen LogP contribution in [-0.2, 0) is 4.74 Å². The summed E-state index contributed by atoms with van der Waals surface area (Å²) in [6, 6.07) is 2.49. The number of rotatable bonds is 3. The molecule has 2 rings (SSSR count). The zero-order valence-electron chi connectivity index (χ0n) is 10.2. The molecule has 17 heavy (non-hydrogen) atoms. The van der Waals surface area contributed by atoms with Crippen LogP contribution in [0.3, 0.4) is 0 Å². The van der Waals surface area contributed by atoms with Crippen molar-refractivity contribution in [3.63, 3.8) is 0 Å². The van der Waals surface area contributed by atoms with Gasteiger partial charge in [0.1, 0.15) is 5.82 Å². The second kappa shape index (κ2) is 5.80. The molecular formula is C12H18BrN3O. The van der Waals surface area contributed by atoms with Crippen molar-refractivity contribution in [2.75, 3.05) is 38.3 Å². The van der Waals surface area contributed by atoms with Crippen LogP contribution in [0.2, 0.25) is 0 Å². The monoisotopic (exact) mass is 299 g/mol. The Morgan fingerprint density at radius 1 is 1.65 bits per heavy atom. The van der Waals surface area contributed by atoms with E-state index in [0.717, 1.165) is 36.6 Å². The van der Waals surface area contributed by atoms with E-state index in [0.29, 0.717) is 6.04 Å². The summed E-state index contributed by atoms with van der Waals surface area (Å²) < 4.78 is 6.58. The van der Waals surface area contributed by atoms with E-state index in [1.54, 1.807) is 0 Å². The summed E-state index contributed by atoms with van der Waals surface area (Å²) in [7, 11) is 1.97. The summed E-state index contributed by atoms with van der Waals surface area (Å²) >= 11 is 3.48. The highest BCUT2D eigenvalue weighted by Gasteiger charge is 2.23. The molecule has 0 saturated carbocycles. The minimum atomic E-state index is 0.363. The summed E-state index contributed by atoms with van der Waals surface area (Å²) in [4.78, 5) is 6.81. The Hall–Kier alpha value is -0.650. The molecule has 4 nitrogen and oxygen atoms in total. The topological polar surface area (TPSA) is 37.4 Å². The number of morpholine rings is 1. The zero-order chi connectivity index (χ0) is 12.3. The maximum absolute atomic E-state index is 5.52. The van der Waals surface area contributed by atoms with Gasteiger partial charge in [0.25, 0.3) is 0 Å². The Morgan fingerprint density at radius 3 is 3.18 bits per heavy atom. The number of anilines is 1. The van der Waals surface area contributed by atoms with Gasteiger partial charge >= 0.3 is 0 Å². The number of halogens is 1. The summed E-state index contributed by atoms with van der Waals surface area (Å²) in [5, 5.41) is 3.20. The van der Waals surface area contributed by atoms with Crippen LogP contribution in [-0.4, -0.2) is 44.4 Å². The molecule has 0 bridgehead atoms. The van der Waals surface area contributed by atoms with Crippen molar-refractivity contribution in [1.29, 1.82) is 0 Å². The standard InChI is InChI=1S/C12H18BrN3O/c1-9-5-12(15-7-11(9)13)16-3-4-17-8-10(16)6-14-2/h5,7,10,14H,3-4,6,8H2,1-2H3. The largest absolute Gasteiger partial charge is 0.377 e. The summed E-state index contributed by atoms with van der Waals surface area (Å²) in [5.74, 6) is 1.04. The Bertz CT molecular complexity index is 384. The van der Waals surface area contributed by atoms with E-state index in [9.17, 15) is 0 Å². The number of nitrogens with zero attached hydrogens (tertiary/aromatic N) is 2. The Kier molecular flexibility index (Phi) is 4.36. The van der Waals surface area contributed by atoms with Gasteiger partial charge in [-0.05, 0) is 41.5 Å². The van der Waals surface area contributed by atoms with Crippen LogP contribution >= 0.6 is 15.9 Å². The van der Waals surface area contributed by atoms with Gasteiger partial charge in [-0.2, -0.15) is 0 Å². The van der Waals surface area contributed by atoms with Gasteiger partial charge in [-0.15, -0.1) is 0 Å². The van der Waals surface area contributed by atoms with Gasteiger partial charge in [-0.3, -0.25) is 0 Å². The summed E-state index contributed by atoms with van der Waals surface area (Å²) in [5.41, 5.74) is 1.21. The van der Waals surface area contributed by atoms with Crippen LogP contribution < -0.4 is 10.2 Å². The molecule has 0 amide bonds. The van der Waals surface area contributed by atoms with Crippen LogP contribution in [0.1, 0.15) is 5.56 Å². The Balaban J connectivity index is 2.20. The predicted octanol–water partition coefficient (Wildman–Crippen LogP) is 1.58. The molecular weight excluding hydrogens is 282 g/mol. The van der Waals surface area contributed by atoms with Crippen molar-refractivity contribution < 1.29 is 4.74 Å². The van der Waals surface area contributed by atoms with Gasteiger partial charge in [-0.25, -0.2) is 4.98 Å². The lowest BCUT2D eigenvalue weighted by atomic mass is 10.2. The second-order valence-corrected chi connectivity index (χ2v) is 5.13. The molecule has 94 valence electrons. The first-order valence-electron chi connectivity index (χ1n) is 5.83. The van der Waals surface area contributed by atoms with Crippen molar-refractivity contribution in [2.24, 2.45) is 0 Å². The molecule has 0 spiro atoms. The lowest BCUT2D eigenvalue weighted by Crippen LogP contribution is -2.50. The van der Waals surface area contributed by atoms with Crippen LogP contribution in [0.25, 0.3) is 0 Å². The Morgan fingerprint density at radius 2 is 2.47 bits per heavy atom. The van der Waals surface area contributed by atoms with Gasteiger partial charge in [0, 0.05) is 23.8 Å². The molecule has 1 unspecified atom stereocenters. The number of likely N-dealkylation sites (N-methyl/N-ethyl adjacent to an activating group) is 1. The number of ether oxygens (including phenoxy) is 1. The smallest absolute Gasteiger partial charge is 0.129 e. The van der Waals surface area contributed by atoms with E-state index in [1.807, 2.05) is 13.2 Å². The normalized spacial score (nSPS) is 20.6. The van der Waals surface area contributed by atoms with E-state index in [-0.39, 0.29) is 0 Å². The molecule has 0 aromatic carbocycles. The fraction of sp³-hybridized carbons (Fsp3) is 0.583. The third-order valence-electron chi connectivity index (χ3n) is 2.99. The van der Waals surface area contributed by atoms with E-state index < -0.39 is 0 Å². The van der Waals surface area contributed by atoms with Gasteiger partial charge < -0.3 is 15.0 Å². The third-order valence-corrected chi connectivity index (χ3v) is 3.82. The quantitative estimate of drug-likeness (QED) is 0.919. The van der Waals surface area contributed by atoms with E-state index >= 15 is 0 Å². The first-order chi connectivity index (χ1) is 8.22. The molecule has 1 aromatic heterocycles. The molecule has 1 saturated heterocycles. The number of hydrogen-bond acceptors (Lipinski definition) is 4. The highest BCUT2D eigenvalue weighted by atomic mass is 79.9. The lowest BCUT2D eigenvalue weighted by molar-refractivity contribution is 0.0939. The minimum absolute atomic E-state index is 0.363. The van der Waals surface area contributed by atoms with Crippen LogP contribution in [0.4, 0.5) is 5.82 Å². The number of hydrogen-bond donors (Lipinski definition) is 1. The van der Waals surface area contributed by atoms with Gasteiger partial charge in [0.15, 0.2) is 0 Å². The minimum Gasteiger partial charge on any atom is -0.377 e. The van der Waals surface area contributed by atoms with E-state index in [1.165, 1.54) is 5.56 Å². The van der Waals surface area contributed by atoms with Crippen molar-refractivity contribution in [3.8, 4) is 0 Å². The number of pyridine rings is 1. The first-order valence-corrected chi connectivity index (χ1v) is 6.63. The van der Waals surface area contributed by atoms with Crippen molar-refractivity contribution in [3.05, 3.63) is 22.3 Å². The maximum atomic E-state index is 5.52. The molecule has 1 aliphatic rings. The number of aryl methyl sites for hydroxylation is 1. The average Bonchev–Trinajstić information content (AvgIpc) is 2.34. The fourth-order valence-electron chi connectivity index (χ4n) is 2.04.